The molecule has 2 amide bonds. The molecule has 106 valence electrons. The summed E-state index contributed by atoms with van der Waals surface area (Å²) >= 11 is 0. The second-order valence-electron chi connectivity index (χ2n) is 5.42. The topological polar surface area (TPSA) is 96.3 Å². The molecule has 1 heterocycles. The number of hydrogen-bond acceptors (Lipinski definition) is 3. The Morgan fingerprint density at radius 1 is 1.47 bits per heavy atom. The Bertz CT molecular complexity index is 462. The van der Waals surface area contributed by atoms with E-state index in [-0.39, 0.29) is 6.54 Å². The van der Waals surface area contributed by atoms with Gasteiger partial charge in [0.15, 0.2) is 0 Å². The summed E-state index contributed by atoms with van der Waals surface area (Å²) in [7, 11) is 1.82. The predicted molar refractivity (Wildman–Crippen MR) is 69.5 cm³/mol. The number of rotatable bonds is 4. The zero-order valence-corrected chi connectivity index (χ0v) is 11.6. The van der Waals surface area contributed by atoms with E-state index in [0.717, 1.165) is 0 Å². The summed E-state index contributed by atoms with van der Waals surface area (Å²) in [6, 6.07) is -1.47. The average molecular weight is 268 g/mol. The maximum atomic E-state index is 11.7. The Kier molecular flexibility index (Phi) is 4.52. The molecular formula is C12H20N4O3. The summed E-state index contributed by atoms with van der Waals surface area (Å²) in [5.74, 6) is -0.363. The van der Waals surface area contributed by atoms with Crippen LogP contribution in [-0.2, 0) is 18.4 Å². The molecule has 7 heteroatoms. The number of aliphatic carboxylic acids is 1. The van der Waals surface area contributed by atoms with Crippen molar-refractivity contribution in [1.82, 2.24) is 20.2 Å². The number of aromatic nitrogens is 2. The third kappa shape index (κ3) is 4.27. The standard InChI is InChI=1S/C12H20N4O3/c1-12(2,3)9(10(17)18)15-11(19)14-7-8-13-5-6-16(8)4/h5-6,9H,7H2,1-4H3,(H,17,18)(H2,14,15,19)/t9-/m1/s1. The molecule has 0 saturated heterocycles. The van der Waals surface area contributed by atoms with Crippen molar-refractivity contribution in [2.45, 2.75) is 33.4 Å². The molecule has 0 fully saturated rings. The molecule has 1 atom stereocenters. The number of aryl methyl sites for hydroxylation is 1. The van der Waals surface area contributed by atoms with Crippen molar-refractivity contribution in [3.8, 4) is 0 Å². The Morgan fingerprint density at radius 2 is 2.11 bits per heavy atom. The summed E-state index contributed by atoms with van der Waals surface area (Å²) in [4.78, 5) is 26.9. The van der Waals surface area contributed by atoms with Crippen molar-refractivity contribution >= 4 is 12.0 Å². The van der Waals surface area contributed by atoms with Crippen LogP contribution in [-0.4, -0.2) is 32.7 Å². The molecule has 0 bridgehead atoms. The van der Waals surface area contributed by atoms with Crippen LogP contribution in [0.3, 0.4) is 0 Å². The van der Waals surface area contributed by atoms with Gasteiger partial charge in [0.1, 0.15) is 11.9 Å². The summed E-state index contributed by atoms with van der Waals surface area (Å²) in [6.07, 6.45) is 3.40. The minimum atomic E-state index is -1.06. The molecule has 7 nitrogen and oxygen atoms in total. The molecule has 0 aliphatic rings. The summed E-state index contributed by atoms with van der Waals surface area (Å²) < 4.78 is 1.78. The fourth-order valence-corrected chi connectivity index (χ4v) is 1.56. The minimum absolute atomic E-state index is 0.242. The van der Waals surface area contributed by atoms with Crippen molar-refractivity contribution in [2.24, 2.45) is 12.5 Å². The molecule has 1 aromatic heterocycles. The van der Waals surface area contributed by atoms with E-state index in [1.54, 1.807) is 37.7 Å². The van der Waals surface area contributed by atoms with Crippen LogP contribution in [0.15, 0.2) is 12.4 Å². The Balaban J connectivity index is 2.55. The number of carbonyl (C=O) groups excluding carboxylic acids is 1. The van der Waals surface area contributed by atoms with E-state index >= 15 is 0 Å². The molecule has 0 aromatic carbocycles. The maximum absolute atomic E-state index is 11.7. The number of nitrogens with zero attached hydrogens (tertiary/aromatic N) is 2. The van der Waals surface area contributed by atoms with Gasteiger partial charge < -0.3 is 20.3 Å². The fourth-order valence-electron chi connectivity index (χ4n) is 1.56. The predicted octanol–water partition coefficient (Wildman–Crippen LogP) is 0.719. The number of carboxylic acids is 1. The highest BCUT2D eigenvalue weighted by molar-refractivity contribution is 5.83. The van der Waals surface area contributed by atoms with E-state index in [9.17, 15) is 9.59 Å². The first-order valence-electron chi connectivity index (χ1n) is 5.95. The molecule has 1 aromatic rings. The lowest BCUT2D eigenvalue weighted by Crippen LogP contribution is -2.52. The van der Waals surface area contributed by atoms with Crippen LogP contribution >= 0.6 is 0 Å². The highest BCUT2D eigenvalue weighted by Crippen LogP contribution is 2.19. The van der Waals surface area contributed by atoms with Gasteiger partial charge >= 0.3 is 12.0 Å². The molecular weight excluding hydrogens is 248 g/mol. The van der Waals surface area contributed by atoms with Crippen LogP contribution in [0, 0.1) is 5.41 Å². The van der Waals surface area contributed by atoms with Gasteiger partial charge in [-0.15, -0.1) is 0 Å². The quantitative estimate of drug-likeness (QED) is 0.749. The molecule has 0 saturated carbocycles. The average Bonchev–Trinajstić information content (AvgIpc) is 2.67. The van der Waals surface area contributed by atoms with Gasteiger partial charge in [-0.25, -0.2) is 14.6 Å². The first kappa shape index (κ1) is 15.0. The minimum Gasteiger partial charge on any atom is -0.480 e. The highest BCUT2D eigenvalue weighted by Gasteiger charge is 2.32. The maximum Gasteiger partial charge on any atom is 0.326 e. The summed E-state index contributed by atoms with van der Waals surface area (Å²) in [5.41, 5.74) is -0.563. The van der Waals surface area contributed by atoms with E-state index in [1.807, 2.05) is 7.05 Å². The second kappa shape index (κ2) is 5.73. The largest absolute Gasteiger partial charge is 0.480 e. The van der Waals surface area contributed by atoms with E-state index in [1.165, 1.54) is 0 Å². The zero-order chi connectivity index (χ0) is 14.6. The van der Waals surface area contributed by atoms with Gasteiger partial charge in [0, 0.05) is 19.4 Å². The van der Waals surface area contributed by atoms with Gasteiger partial charge in [-0.1, -0.05) is 20.8 Å². The Morgan fingerprint density at radius 3 is 2.53 bits per heavy atom. The van der Waals surface area contributed by atoms with Crippen molar-refractivity contribution in [3.63, 3.8) is 0 Å². The number of amides is 2. The SMILES string of the molecule is Cn1ccnc1CNC(=O)N[C@H](C(=O)O)C(C)(C)C. The van der Waals surface area contributed by atoms with Gasteiger partial charge in [-0.3, -0.25) is 0 Å². The van der Waals surface area contributed by atoms with E-state index in [2.05, 4.69) is 15.6 Å². The third-order valence-corrected chi connectivity index (χ3v) is 2.72. The molecule has 0 radical (unpaired) electrons. The lowest BCUT2D eigenvalue weighted by Gasteiger charge is -2.27. The third-order valence-electron chi connectivity index (χ3n) is 2.72. The zero-order valence-electron chi connectivity index (χ0n) is 11.6. The number of urea groups is 1. The monoisotopic (exact) mass is 268 g/mol. The van der Waals surface area contributed by atoms with Gasteiger partial charge in [-0.2, -0.15) is 0 Å². The number of imidazole rings is 1. The van der Waals surface area contributed by atoms with Gasteiger partial charge in [0.05, 0.1) is 6.54 Å². The van der Waals surface area contributed by atoms with Crippen LogP contribution in [0.5, 0.6) is 0 Å². The number of hydrogen-bond donors (Lipinski definition) is 3. The molecule has 0 unspecified atom stereocenters. The van der Waals surface area contributed by atoms with Crippen LogP contribution in [0.2, 0.25) is 0 Å². The Hall–Kier alpha value is -2.05. The van der Waals surface area contributed by atoms with Crippen molar-refractivity contribution in [2.75, 3.05) is 0 Å². The number of carboxylic acid groups (broad SMARTS) is 1. The van der Waals surface area contributed by atoms with Crippen molar-refractivity contribution in [3.05, 3.63) is 18.2 Å². The molecule has 1 rings (SSSR count). The van der Waals surface area contributed by atoms with Crippen molar-refractivity contribution < 1.29 is 14.7 Å². The van der Waals surface area contributed by atoms with Gasteiger partial charge in [-0.05, 0) is 5.41 Å². The van der Waals surface area contributed by atoms with E-state index < -0.39 is 23.5 Å². The Labute approximate surface area is 112 Å². The number of nitrogens with one attached hydrogen (secondary N) is 2. The van der Waals surface area contributed by atoms with E-state index in [0.29, 0.717) is 5.82 Å². The lowest BCUT2D eigenvalue weighted by molar-refractivity contribution is -0.141. The molecule has 0 aliphatic carbocycles. The first-order valence-corrected chi connectivity index (χ1v) is 5.95. The van der Waals surface area contributed by atoms with Crippen LogP contribution < -0.4 is 10.6 Å². The van der Waals surface area contributed by atoms with Crippen LogP contribution in [0.25, 0.3) is 0 Å². The second-order valence-corrected chi connectivity index (χ2v) is 5.42. The highest BCUT2D eigenvalue weighted by atomic mass is 16.4. The summed E-state index contributed by atoms with van der Waals surface area (Å²) in [5, 5.41) is 14.1. The van der Waals surface area contributed by atoms with Crippen LogP contribution in [0.4, 0.5) is 4.79 Å². The summed E-state index contributed by atoms with van der Waals surface area (Å²) in [6.45, 7) is 5.51. The first-order chi connectivity index (χ1) is 8.71. The molecule has 3 N–H and O–H groups in total. The molecule has 0 aliphatic heterocycles. The van der Waals surface area contributed by atoms with E-state index in [4.69, 9.17) is 5.11 Å². The van der Waals surface area contributed by atoms with Crippen LogP contribution in [0.1, 0.15) is 26.6 Å². The molecule has 19 heavy (non-hydrogen) atoms. The lowest BCUT2D eigenvalue weighted by atomic mass is 9.87. The molecule has 0 spiro atoms. The van der Waals surface area contributed by atoms with Crippen molar-refractivity contribution in [1.29, 1.82) is 0 Å². The van der Waals surface area contributed by atoms with Gasteiger partial charge in [0.2, 0.25) is 0 Å². The smallest absolute Gasteiger partial charge is 0.326 e. The fraction of sp³-hybridized carbons (Fsp3) is 0.583. The number of carbonyl (C=O) groups is 2. The normalized spacial score (nSPS) is 12.8. The van der Waals surface area contributed by atoms with Gasteiger partial charge in [0.25, 0.3) is 0 Å².